The zero-order valence-corrected chi connectivity index (χ0v) is 11.3. The number of aryl methyl sites for hydroxylation is 1. The number of carbonyl (C=O) groups is 1. The van der Waals surface area contributed by atoms with E-state index in [0.717, 1.165) is 37.2 Å². The third kappa shape index (κ3) is 2.24. The first-order valence-corrected chi connectivity index (χ1v) is 6.68. The van der Waals surface area contributed by atoms with Crippen LogP contribution < -0.4 is 4.90 Å². The number of benzene rings is 1. The predicted molar refractivity (Wildman–Crippen MR) is 74.5 cm³/mol. The van der Waals surface area contributed by atoms with Crippen LogP contribution in [-0.4, -0.2) is 39.2 Å². The van der Waals surface area contributed by atoms with Gasteiger partial charge in [0.15, 0.2) is 5.82 Å². The summed E-state index contributed by atoms with van der Waals surface area (Å²) in [5.41, 5.74) is 1.88. The number of nitrogens with zero attached hydrogens (tertiary/aromatic N) is 4. The lowest BCUT2D eigenvalue weighted by Crippen LogP contribution is -2.20. The minimum Gasteiger partial charge on any atom is -0.476 e. The topological polar surface area (TPSA) is 71.2 Å². The number of aromatic nitrogens is 3. The molecule has 0 radical (unpaired) electrons. The highest BCUT2D eigenvalue weighted by Gasteiger charge is 2.25. The molecule has 3 rings (SSSR count). The quantitative estimate of drug-likeness (QED) is 0.923. The Labute approximate surface area is 116 Å². The van der Waals surface area contributed by atoms with Gasteiger partial charge < -0.3 is 10.0 Å². The minimum absolute atomic E-state index is 0.0217. The van der Waals surface area contributed by atoms with E-state index in [1.165, 1.54) is 4.80 Å². The number of hydrogen-bond donors (Lipinski definition) is 1. The van der Waals surface area contributed by atoms with Crippen LogP contribution >= 0.6 is 0 Å². The van der Waals surface area contributed by atoms with Gasteiger partial charge >= 0.3 is 5.97 Å². The lowest BCUT2D eigenvalue weighted by Gasteiger charge is -2.13. The summed E-state index contributed by atoms with van der Waals surface area (Å²) in [6.45, 7) is 3.66. The summed E-state index contributed by atoms with van der Waals surface area (Å²) in [4.78, 5) is 14.7. The Bertz CT molecular complexity index is 644. The van der Waals surface area contributed by atoms with Gasteiger partial charge in [-0.2, -0.15) is 0 Å². The van der Waals surface area contributed by atoms with Gasteiger partial charge in [0, 0.05) is 13.1 Å². The molecule has 0 unspecified atom stereocenters. The standard InChI is InChI=1S/C14H16N4O2/c1-10-5-4-6-11(9-10)18-15-12(14(19)20)13(16-18)17-7-2-3-8-17/h4-6,9H,2-3,7-8H2,1H3,(H,19,20). The van der Waals surface area contributed by atoms with Crippen molar-refractivity contribution < 1.29 is 9.90 Å². The van der Waals surface area contributed by atoms with Crippen molar-refractivity contribution in [1.29, 1.82) is 0 Å². The molecule has 0 saturated carbocycles. The van der Waals surface area contributed by atoms with Gasteiger partial charge in [-0.05, 0) is 37.5 Å². The van der Waals surface area contributed by atoms with Crippen molar-refractivity contribution in [1.82, 2.24) is 15.0 Å². The van der Waals surface area contributed by atoms with Crippen molar-refractivity contribution in [3.63, 3.8) is 0 Å². The smallest absolute Gasteiger partial charge is 0.360 e. The highest BCUT2D eigenvalue weighted by molar-refractivity contribution is 5.91. The molecule has 2 heterocycles. The summed E-state index contributed by atoms with van der Waals surface area (Å²) in [6.07, 6.45) is 2.13. The van der Waals surface area contributed by atoms with Gasteiger partial charge in [0.1, 0.15) is 0 Å². The van der Waals surface area contributed by atoms with E-state index in [1.807, 2.05) is 36.1 Å². The first-order valence-electron chi connectivity index (χ1n) is 6.68. The molecule has 1 aliphatic rings. The summed E-state index contributed by atoms with van der Waals surface area (Å²) in [7, 11) is 0. The maximum absolute atomic E-state index is 11.3. The maximum atomic E-state index is 11.3. The molecule has 0 atom stereocenters. The van der Waals surface area contributed by atoms with Crippen LogP contribution in [0.25, 0.3) is 5.69 Å². The fraction of sp³-hybridized carbons (Fsp3) is 0.357. The van der Waals surface area contributed by atoms with Gasteiger partial charge in [0.05, 0.1) is 5.69 Å². The molecule has 1 aliphatic heterocycles. The predicted octanol–water partition coefficient (Wildman–Crippen LogP) is 1.87. The lowest BCUT2D eigenvalue weighted by molar-refractivity contribution is 0.0690. The molecule has 2 aromatic rings. The molecule has 0 aliphatic carbocycles. The van der Waals surface area contributed by atoms with Crippen molar-refractivity contribution in [3.8, 4) is 5.69 Å². The Kier molecular flexibility index (Phi) is 3.14. The first-order chi connectivity index (χ1) is 9.65. The first kappa shape index (κ1) is 12.7. The molecule has 6 nitrogen and oxygen atoms in total. The highest BCUT2D eigenvalue weighted by Crippen LogP contribution is 2.22. The summed E-state index contributed by atoms with van der Waals surface area (Å²) >= 11 is 0. The second-order valence-corrected chi connectivity index (χ2v) is 5.00. The number of carboxylic acids is 1. The zero-order valence-electron chi connectivity index (χ0n) is 11.3. The Balaban J connectivity index is 2.05. The molecule has 6 heteroatoms. The molecule has 1 aromatic heterocycles. The monoisotopic (exact) mass is 272 g/mol. The molecule has 0 amide bonds. The van der Waals surface area contributed by atoms with E-state index in [9.17, 15) is 9.90 Å². The molecule has 1 N–H and O–H groups in total. The van der Waals surface area contributed by atoms with Gasteiger partial charge in [0.25, 0.3) is 0 Å². The lowest BCUT2D eigenvalue weighted by atomic mass is 10.2. The van der Waals surface area contributed by atoms with Gasteiger partial charge in [-0.3, -0.25) is 0 Å². The van der Waals surface area contributed by atoms with E-state index in [0.29, 0.717) is 5.82 Å². The SMILES string of the molecule is Cc1cccc(-n2nc(C(=O)O)c(N3CCCC3)n2)c1. The Hall–Kier alpha value is -2.37. The molecule has 20 heavy (non-hydrogen) atoms. The molecule has 0 bridgehead atoms. The van der Waals surface area contributed by atoms with E-state index in [-0.39, 0.29) is 5.69 Å². The summed E-state index contributed by atoms with van der Waals surface area (Å²) in [5.74, 6) is -0.567. The molecule has 1 fully saturated rings. The number of rotatable bonds is 3. The average Bonchev–Trinajstić information content (AvgIpc) is 3.08. The van der Waals surface area contributed by atoms with Crippen molar-refractivity contribution in [2.75, 3.05) is 18.0 Å². The summed E-state index contributed by atoms with van der Waals surface area (Å²) in [6, 6.07) is 7.68. The second-order valence-electron chi connectivity index (χ2n) is 5.00. The molecule has 0 spiro atoms. The highest BCUT2D eigenvalue weighted by atomic mass is 16.4. The second kappa shape index (κ2) is 4.96. The largest absolute Gasteiger partial charge is 0.476 e. The summed E-state index contributed by atoms with van der Waals surface area (Å²) < 4.78 is 0. The molecular weight excluding hydrogens is 256 g/mol. The average molecular weight is 272 g/mol. The minimum atomic E-state index is -1.04. The number of anilines is 1. The van der Waals surface area contributed by atoms with Crippen LogP contribution in [0.15, 0.2) is 24.3 Å². The van der Waals surface area contributed by atoms with Crippen LogP contribution in [0.3, 0.4) is 0 Å². The summed E-state index contributed by atoms with van der Waals surface area (Å²) in [5, 5.41) is 17.8. The third-order valence-corrected chi connectivity index (χ3v) is 3.44. The molecular formula is C14H16N4O2. The zero-order chi connectivity index (χ0) is 14.1. The van der Waals surface area contributed by atoms with Crippen LogP contribution in [0.2, 0.25) is 0 Å². The van der Waals surface area contributed by atoms with Gasteiger partial charge in [-0.1, -0.05) is 12.1 Å². The van der Waals surface area contributed by atoms with E-state index in [2.05, 4.69) is 10.2 Å². The van der Waals surface area contributed by atoms with E-state index in [4.69, 9.17) is 0 Å². The molecule has 1 saturated heterocycles. The van der Waals surface area contributed by atoms with Crippen LogP contribution in [-0.2, 0) is 0 Å². The van der Waals surface area contributed by atoms with Crippen molar-refractivity contribution in [2.24, 2.45) is 0 Å². The molecule has 104 valence electrons. The van der Waals surface area contributed by atoms with Gasteiger partial charge in [-0.15, -0.1) is 15.0 Å². The number of carboxylic acid groups (broad SMARTS) is 1. The van der Waals surface area contributed by atoms with Crippen molar-refractivity contribution in [3.05, 3.63) is 35.5 Å². The number of hydrogen-bond acceptors (Lipinski definition) is 4. The number of aromatic carboxylic acids is 1. The van der Waals surface area contributed by atoms with Gasteiger partial charge in [0.2, 0.25) is 5.69 Å². The van der Waals surface area contributed by atoms with Crippen molar-refractivity contribution >= 4 is 11.8 Å². The Morgan fingerprint density at radius 1 is 1.25 bits per heavy atom. The van der Waals surface area contributed by atoms with Crippen LogP contribution in [0.1, 0.15) is 28.9 Å². The maximum Gasteiger partial charge on any atom is 0.360 e. The Morgan fingerprint density at radius 3 is 2.65 bits per heavy atom. The fourth-order valence-electron chi connectivity index (χ4n) is 2.45. The van der Waals surface area contributed by atoms with Gasteiger partial charge in [-0.25, -0.2) is 4.79 Å². The van der Waals surface area contributed by atoms with E-state index in [1.54, 1.807) is 0 Å². The van der Waals surface area contributed by atoms with Crippen molar-refractivity contribution in [2.45, 2.75) is 19.8 Å². The van der Waals surface area contributed by atoms with Crippen LogP contribution in [0.5, 0.6) is 0 Å². The molecule has 1 aromatic carbocycles. The van der Waals surface area contributed by atoms with Crippen LogP contribution in [0.4, 0.5) is 5.82 Å². The Morgan fingerprint density at radius 2 is 2.00 bits per heavy atom. The third-order valence-electron chi connectivity index (χ3n) is 3.44. The normalized spacial score (nSPS) is 14.8. The van der Waals surface area contributed by atoms with E-state index < -0.39 is 5.97 Å². The van der Waals surface area contributed by atoms with Crippen LogP contribution in [0, 0.1) is 6.92 Å². The van der Waals surface area contributed by atoms with E-state index >= 15 is 0 Å². The fourth-order valence-corrected chi connectivity index (χ4v) is 2.45.